The first-order valence-corrected chi connectivity index (χ1v) is 8.80. The molecule has 0 unspecified atom stereocenters. The van der Waals surface area contributed by atoms with Crippen LogP contribution in [0.2, 0.25) is 0 Å². The lowest BCUT2D eigenvalue weighted by Gasteiger charge is -2.29. The molecular weight excluding hydrogens is 326 g/mol. The minimum absolute atomic E-state index is 0.0621. The first-order chi connectivity index (χ1) is 11.6. The van der Waals surface area contributed by atoms with Gasteiger partial charge in [0.15, 0.2) is 0 Å². The molecule has 1 aromatic heterocycles. The average Bonchev–Trinajstić information content (AvgIpc) is 3.00. The number of aromatic nitrogens is 1. The molecular formula is C17H19N3O3S. The summed E-state index contributed by atoms with van der Waals surface area (Å²) in [7, 11) is 0. The standard InChI is InChI=1S/C17H19N3O3S/c21-16(22)10-13-11-24-15(19-13)7-8-18-17(23)20-9-3-5-12-4-1-2-6-14(12)20/h1-2,4,6,11H,3,5,7-10H2,(H,18,23)(H,21,22). The number of nitrogens with one attached hydrogen (secondary N) is 1. The van der Waals surface area contributed by atoms with Crippen LogP contribution < -0.4 is 10.2 Å². The van der Waals surface area contributed by atoms with Crippen LogP contribution in [0, 0.1) is 0 Å². The Bertz CT molecular complexity index is 744. The van der Waals surface area contributed by atoms with Gasteiger partial charge in [0.1, 0.15) is 0 Å². The molecule has 24 heavy (non-hydrogen) atoms. The zero-order valence-corrected chi connectivity index (χ0v) is 14.0. The Labute approximate surface area is 144 Å². The number of para-hydroxylation sites is 1. The van der Waals surface area contributed by atoms with Gasteiger partial charge < -0.3 is 10.4 Å². The summed E-state index contributed by atoms with van der Waals surface area (Å²) >= 11 is 1.43. The van der Waals surface area contributed by atoms with Crippen molar-refractivity contribution in [2.75, 3.05) is 18.0 Å². The maximum absolute atomic E-state index is 12.4. The topological polar surface area (TPSA) is 82.5 Å². The smallest absolute Gasteiger partial charge is 0.321 e. The second-order valence-electron chi connectivity index (χ2n) is 5.67. The zero-order chi connectivity index (χ0) is 16.9. The highest BCUT2D eigenvalue weighted by Gasteiger charge is 2.21. The van der Waals surface area contributed by atoms with Gasteiger partial charge in [-0.05, 0) is 24.5 Å². The molecule has 126 valence electrons. The lowest BCUT2D eigenvalue weighted by molar-refractivity contribution is -0.136. The first kappa shape index (κ1) is 16.4. The molecule has 1 aromatic carbocycles. The molecule has 0 atom stereocenters. The van der Waals surface area contributed by atoms with E-state index in [2.05, 4.69) is 16.4 Å². The number of hydrogen-bond acceptors (Lipinski definition) is 4. The Balaban J connectivity index is 1.53. The summed E-state index contributed by atoms with van der Waals surface area (Å²) < 4.78 is 0. The number of carboxylic acid groups (broad SMARTS) is 1. The summed E-state index contributed by atoms with van der Waals surface area (Å²) in [5.74, 6) is -0.885. The molecule has 2 amide bonds. The van der Waals surface area contributed by atoms with Gasteiger partial charge in [-0.2, -0.15) is 0 Å². The summed E-state index contributed by atoms with van der Waals surface area (Å²) in [6.45, 7) is 1.21. The third-order valence-electron chi connectivity index (χ3n) is 3.90. The minimum Gasteiger partial charge on any atom is -0.481 e. The Kier molecular flexibility index (Phi) is 5.10. The quantitative estimate of drug-likeness (QED) is 0.872. The molecule has 2 aromatic rings. The molecule has 7 heteroatoms. The molecule has 0 fully saturated rings. The molecule has 2 N–H and O–H groups in total. The zero-order valence-electron chi connectivity index (χ0n) is 13.2. The second-order valence-corrected chi connectivity index (χ2v) is 6.61. The second kappa shape index (κ2) is 7.44. The third-order valence-corrected chi connectivity index (χ3v) is 4.86. The lowest BCUT2D eigenvalue weighted by Crippen LogP contribution is -2.43. The van der Waals surface area contributed by atoms with Crippen LogP contribution in [0.1, 0.15) is 22.7 Å². The van der Waals surface area contributed by atoms with Crippen molar-refractivity contribution >= 4 is 29.0 Å². The Morgan fingerprint density at radius 1 is 1.33 bits per heavy atom. The van der Waals surface area contributed by atoms with Crippen molar-refractivity contribution in [3.05, 3.63) is 45.9 Å². The van der Waals surface area contributed by atoms with Gasteiger partial charge in [-0.1, -0.05) is 18.2 Å². The highest BCUT2D eigenvalue weighted by atomic mass is 32.1. The maximum atomic E-state index is 12.4. The molecule has 0 saturated carbocycles. The van der Waals surface area contributed by atoms with E-state index in [1.807, 2.05) is 18.2 Å². The van der Waals surface area contributed by atoms with Gasteiger partial charge in [0.25, 0.3) is 0 Å². The number of anilines is 1. The minimum atomic E-state index is -0.885. The SMILES string of the molecule is O=C(O)Cc1csc(CCNC(=O)N2CCCc3ccccc32)n1. The van der Waals surface area contributed by atoms with E-state index in [0.717, 1.165) is 30.1 Å². The van der Waals surface area contributed by atoms with E-state index in [9.17, 15) is 9.59 Å². The lowest BCUT2D eigenvalue weighted by atomic mass is 10.0. The van der Waals surface area contributed by atoms with Crippen LogP contribution in [0.15, 0.2) is 29.6 Å². The molecule has 1 aliphatic rings. The van der Waals surface area contributed by atoms with Crippen LogP contribution in [0.25, 0.3) is 0 Å². The third kappa shape index (κ3) is 3.91. The number of urea groups is 1. The van der Waals surface area contributed by atoms with Gasteiger partial charge in [0.2, 0.25) is 0 Å². The van der Waals surface area contributed by atoms with Crippen molar-refractivity contribution in [1.29, 1.82) is 0 Å². The predicted octanol–water partition coefficient (Wildman–Crippen LogP) is 2.48. The van der Waals surface area contributed by atoms with E-state index < -0.39 is 5.97 Å². The van der Waals surface area contributed by atoms with Crippen molar-refractivity contribution in [1.82, 2.24) is 10.3 Å². The number of hydrogen-bond donors (Lipinski definition) is 2. The van der Waals surface area contributed by atoms with Gasteiger partial charge in [0.05, 0.1) is 17.1 Å². The monoisotopic (exact) mass is 345 g/mol. The number of amides is 2. The average molecular weight is 345 g/mol. The molecule has 0 spiro atoms. The van der Waals surface area contributed by atoms with E-state index in [-0.39, 0.29) is 12.5 Å². The van der Waals surface area contributed by atoms with E-state index >= 15 is 0 Å². The number of fused-ring (bicyclic) bond motifs is 1. The molecule has 6 nitrogen and oxygen atoms in total. The number of rotatable bonds is 5. The van der Waals surface area contributed by atoms with E-state index in [0.29, 0.717) is 18.7 Å². The van der Waals surface area contributed by atoms with Gasteiger partial charge >= 0.3 is 12.0 Å². The summed E-state index contributed by atoms with van der Waals surface area (Å²) in [5, 5.41) is 14.3. The largest absolute Gasteiger partial charge is 0.481 e. The van der Waals surface area contributed by atoms with Crippen LogP contribution in [0.5, 0.6) is 0 Å². The predicted molar refractivity (Wildman–Crippen MR) is 92.7 cm³/mol. The number of benzene rings is 1. The molecule has 0 bridgehead atoms. The van der Waals surface area contributed by atoms with Crippen LogP contribution in [-0.4, -0.2) is 35.2 Å². The highest BCUT2D eigenvalue weighted by Crippen LogP contribution is 2.26. The van der Waals surface area contributed by atoms with Gasteiger partial charge in [-0.15, -0.1) is 11.3 Å². The number of nitrogens with zero attached hydrogens (tertiary/aromatic N) is 2. The van der Waals surface area contributed by atoms with Crippen molar-refractivity contribution in [2.24, 2.45) is 0 Å². The molecule has 0 saturated heterocycles. The van der Waals surface area contributed by atoms with Gasteiger partial charge in [-0.3, -0.25) is 9.69 Å². The Morgan fingerprint density at radius 3 is 3.00 bits per heavy atom. The van der Waals surface area contributed by atoms with E-state index in [4.69, 9.17) is 5.11 Å². The molecule has 3 rings (SSSR count). The fourth-order valence-corrected chi connectivity index (χ4v) is 3.61. The summed E-state index contributed by atoms with van der Waals surface area (Å²) in [6.07, 6.45) is 2.51. The fraction of sp³-hybridized carbons (Fsp3) is 0.353. The van der Waals surface area contributed by atoms with Crippen LogP contribution >= 0.6 is 11.3 Å². The number of carboxylic acids is 1. The van der Waals surface area contributed by atoms with Crippen molar-refractivity contribution < 1.29 is 14.7 Å². The number of aryl methyl sites for hydroxylation is 1. The van der Waals surface area contributed by atoms with Gasteiger partial charge in [-0.25, -0.2) is 9.78 Å². The van der Waals surface area contributed by atoms with Crippen molar-refractivity contribution in [3.63, 3.8) is 0 Å². The molecule has 2 heterocycles. The van der Waals surface area contributed by atoms with Gasteiger partial charge in [0, 0.05) is 30.6 Å². The summed E-state index contributed by atoms with van der Waals surface area (Å²) in [4.78, 5) is 29.1. The molecule has 1 aliphatic heterocycles. The fourth-order valence-electron chi connectivity index (χ4n) is 2.82. The number of aliphatic carboxylic acids is 1. The normalized spacial score (nSPS) is 13.4. The summed E-state index contributed by atoms with van der Waals surface area (Å²) in [6, 6.07) is 7.90. The van der Waals surface area contributed by atoms with E-state index in [1.165, 1.54) is 16.9 Å². The first-order valence-electron chi connectivity index (χ1n) is 7.92. The number of carbonyl (C=O) groups excluding carboxylic acids is 1. The van der Waals surface area contributed by atoms with Crippen molar-refractivity contribution in [3.8, 4) is 0 Å². The Hall–Kier alpha value is -2.41. The Morgan fingerprint density at radius 2 is 2.17 bits per heavy atom. The molecule has 0 aliphatic carbocycles. The van der Waals surface area contributed by atoms with Crippen LogP contribution in [-0.2, 0) is 24.1 Å². The van der Waals surface area contributed by atoms with Crippen LogP contribution in [0.3, 0.4) is 0 Å². The number of carbonyl (C=O) groups is 2. The van der Waals surface area contributed by atoms with E-state index in [1.54, 1.807) is 10.3 Å². The number of thiazole rings is 1. The van der Waals surface area contributed by atoms with Crippen LogP contribution in [0.4, 0.5) is 10.5 Å². The highest BCUT2D eigenvalue weighted by molar-refractivity contribution is 7.09. The molecule has 0 radical (unpaired) electrons. The maximum Gasteiger partial charge on any atom is 0.321 e. The summed E-state index contributed by atoms with van der Waals surface area (Å²) in [5.41, 5.74) is 2.76. The van der Waals surface area contributed by atoms with Crippen molar-refractivity contribution in [2.45, 2.75) is 25.7 Å².